The van der Waals surface area contributed by atoms with Gasteiger partial charge in [-0.1, -0.05) is 54.6 Å². The lowest BCUT2D eigenvalue weighted by Crippen LogP contribution is -2.35. The molecule has 3 rings (SSSR count). The minimum atomic E-state index is -2.21. The van der Waals surface area contributed by atoms with Crippen LogP contribution in [0.2, 0.25) is 0 Å². The third-order valence-corrected chi connectivity index (χ3v) is 8.25. The minimum Gasteiger partial charge on any atom is -0.479 e. The monoisotopic (exact) mass is 321 g/mol. The van der Waals surface area contributed by atoms with Crippen LogP contribution in [-0.2, 0) is 4.79 Å². The van der Waals surface area contributed by atoms with Crippen molar-refractivity contribution in [3.63, 3.8) is 0 Å². The Labute approximate surface area is 136 Å². The second-order valence-corrected chi connectivity index (χ2v) is 8.85. The molecule has 0 aliphatic rings. The van der Waals surface area contributed by atoms with Crippen molar-refractivity contribution in [3.05, 3.63) is 91.0 Å². The molecule has 3 aromatic rings. The Kier molecular flexibility index (Phi) is 4.55. The van der Waals surface area contributed by atoms with E-state index in [-0.39, 0.29) is 6.16 Å². The summed E-state index contributed by atoms with van der Waals surface area (Å²) in [7, 11) is -2.21. The normalized spacial score (nSPS) is 11.1. The summed E-state index contributed by atoms with van der Waals surface area (Å²) in [6.07, 6.45) is 0.116. The van der Waals surface area contributed by atoms with Gasteiger partial charge >= 0.3 is 5.97 Å². The van der Waals surface area contributed by atoms with Crippen LogP contribution >= 0.6 is 7.26 Å². The molecule has 0 saturated heterocycles. The van der Waals surface area contributed by atoms with Gasteiger partial charge in [-0.15, -0.1) is 0 Å². The number of carbonyl (C=O) groups is 1. The zero-order valence-electron chi connectivity index (χ0n) is 12.7. The number of carboxylic acid groups (broad SMARTS) is 1. The van der Waals surface area contributed by atoms with Gasteiger partial charge in [-0.25, -0.2) is 4.79 Å². The summed E-state index contributed by atoms with van der Waals surface area (Å²) in [5, 5.41) is 13.0. The first-order chi connectivity index (χ1) is 11.2. The van der Waals surface area contributed by atoms with Crippen LogP contribution in [0.1, 0.15) is 0 Å². The van der Waals surface area contributed by atoms with E-state index in [9.17, 15) is 9.90 Å². The highest BCUT2D eigenvalue weighted by molar-refractivity contribution is 7.96. The highest BCUT2D eigenvalue weighted by Crippen LogP contribution is 2.54. The van der Waals surface area contributed by atoms with Crippen LogP contribution in [0, 0.1) is 0 Å². The van der Waals surface area contributed by atoms with Crippen LogP contribution in [0.4, 0.5) is 0 Å². The van der Waals surface area contributed by atoms with Crippen molar-refractivity contribution in [2.75, 3.05) is 6.16 Å². The molecule has 0 heterocycles. The van der Waals surface area contributed by atoms with Gasteiger partial charge in [0.25, 0.3) is 0 Å². The van der Waals surface area contributed by atoms with Gasteiger partial charge in [0, 0.05) is 0 Å². The summed E-state index contributed by atoms with van der Waals surface area (Å²) < 4.78 is 0. The van der Waals surface area contributed by atoms with Crippen LogP contribution in [0.25, 0.3) is 0 Å². The topological polar surface area (TPSA) is 37.3 Å². The number of rotatable bonds is 5. The van der Waals surface area contributed by atoms with E-state index in [0.29, 0.717) is 0 Å². The molecule has 0 unspecified atom stereocenters. The summed E-state index contributed by atoms with van der Waals surface area (Å²) in [6.45, 7) is 0. The Morgan fingerprint density at radius 2 is 0.957 bits per heavy atom. The summed E-state index contributed by atoms with van der Waals surface area (Å²) in [6, 6.07) is 30.1. The zero-order valence-corrected chi connectivity index (χ0v) is 13.6. The average Bonchev–Trinajstić information content (AvgIpc) is 2.62. The minimum absolute atomic E-state index is 0.116. The number of benzene rings is 3. The van der Waals surface area contributed by atoms with Crippen LogP contribution in [-0.4, -0.2) is 17.2 Å². The maximum Gasteiger partial charge on any atom is 0.342 e. The van der Waals surface area contributed by atoms with Crippen molar-refractivity contribution >= 4 is 29.1 Å². The van der Waals surface area contributed by atoms with Crippen molar-refractivity contribution in [1.29, 1.82) is 0 Å². The average molecular weight is 321 g/mol. The maximum absolute atomic E-state index is 11.8. The first kappa shape index (κ1) is 15.5. The van der Waals surface area contributed by atoms with Crippen molar-refractivity contribution < 1.29 is 9.90 Å². The predicted octanol–water partition coefficient (Wildman–Crippen LogP) is 3.07. The molecule has 0 spiro atoms. The highest BCUT2D eigenvalue weighted by atomic mass is 31.2. The number of hydrogen-bond acceptors (Lipinski definition) is 1. The molecule has 0 radical (unpaired) electrons. The summed E-state index contributed by atoms with van der Waals surface area (Å²) in [4.78, 5) is 11.8. The molecule has 0 fully saturated rings. The Hall–Kier alpha value is -2.44. The lowest BCUT2D eigenvalue weighted by molar-refractivity contribution is -0.134. The molecule has 114 valence electrons. The Morgan fingerprint density at radius 1 is 0.652 bits per heavy atom. The lowest BCUT2D eigenvalue weighted by Gasteiger charge is -2.25. The Morgan fingerprint density at radius 3 is 1.22 bits per heavy atom. The van der Waals surface area contributed by atoms with Gasteiger partial charge in [0.15, 0.2) is 6.16 Å². The van der Waals surface area contributed by atoms with Gasteiger partial charge in [0.2, 0.25) is 0 Å². The number of hydrogen-bond donors (Lipinski definition) is 1. The molecule has 3 heteroatoms. The molecule has 0 aliphatic carbocycles. The first-order valence-corrected chi connectivity index (χ1v) is 9.47. The Bertz CT molecular complexity index is 674. The van der Waals surface area contributed by atoms with E-state index in [1.165, 1.54) is 0 Å². The molecule has 0 saturated carbocycles. The number of aliphatic carboxylic acids is 1. The smallest absolute Gasteiger partial charge is 0.342 e. The van der Waals surface area contributed by atoms with Gasteiger partial charge in [0.05, 0.1) is 0 Å². The van der Waals surface area contributed by atoms with Gasteiger partial charge < -0.3 is 5.11 Å². The SMILES string of the molecule is O=C(O)C[P+](c1ccccc1)(c1ccccc1)c1ccccc1. The van der Waals surface area contributed by atoms with Crippen molar-refractivity contribution in [3.8, 4) is 0 Å². The van der Waals surface area contributed by atoms with E-state index in [4.69, 9.17) is 0 Å². The van der Waals surface area contributed by atoms with Crippen molar-refractivity contribution in [2.24, 2.45) is 0 Å². The predicted molar refractivity (Wildman–Crippen MR) is 97.7 cm³/mol. The molecule has 0 bridgehead atoms. The zero-order chi connectivity index (χ0) is 16.1. The summed E-state index contributed by atoms with van der Waals surface area (Å²) in [5.41, 5.74) is 0. The molecular formula is C20H18O2P+. The van der Waals surface area contributed by atoms with Gasteiger partial charge in [-0.2, -0.15) is 0 Å². The summed E-state index contributed by atoms with van der Waals surface area (Å²) >= 11 is 0. The van der Waals surface area contributed by atoms with Crippen LogP contribution in [0.5, 0.6) is 0 Å². The second kappa shape index (κ2) is 6.76. The number of carboxylic acids is 1. The molecular weight excluding hydrogens is 303 g/mol. The fourth-order valence-corrected chi connectivity index (χ4v) is 6.86. The molecule has 2 nitrogen and oxygen atoms in total. The van der Waals surface area contributed by atoms with Gasteiger partial charge in [-0.3, -0.25) is 0 Å². The van der Waals surface area contributed by atoms with Gasteiger partial charge in [-0.05, 0) is 36.4 Å². The molecule has 0 aliphatic heterocycles. The third-order valence-electron chi connectivity index (χ3n) is 3.96. The van der Waals surface area contributed by atoms with Gasteiger partial charge in [0.1, 0.15) is 23.2 Å². The van der Waals surface area contributed by atoms with Crippen molar-refractivity contribution in [2.45, 2.75) is 0 Å². The van der Waals surface area contributed by atoms with E-state index in [1.54, 1.807) is 0 Å². The standard InChI is InChI=1S/C20H17O2P/c21-20(22)16-23(17-10-4-1-5-11-17,18-12-6-2-7-13-18)19-14-8-3-9-15-19/h1-15H,16H2/p+1. The molecule has 0 amide bonds. The van der Waals surface area contributed by atoms with E-state index in [2.05, 4.69) is 36.4 Å². The van der Waals surface area contributed by atoms with Crippen LogP contribution in [0.3, 0.4) is 0 Å². The third kappa shape index (κ3) is 3.04. The molecule has 23 heavy (non-hydrogen) atoms. The van der Waals surface area contributed by atoms with E-state index in [0.717, 1.165) is 15.9 Å². The summed E-state index contributed by atoms with van der Waals surface area (Å²) in [5.74, 6) is -0.769. The molecule has 0 atom stereocenters. The lowest BCUT2D eigenvalue weighted by atomic mass is 10.4. The quantitative estimate of drug-likeness (QED) is 0.733. The van der Waals surface area contributed by atoms with E-state index in [1.807, 2.05) is 54.6 Å². The second-order valence-electron chi connectivity index (χ2n) is 5.37. The van der Waals surface area contributed by atoms with Crippen molar-refractivity contribution in [1.82, 2.24) is 0 Å². The first-order valence-electron chi connectivity index (χ1n) is 7.50. The van der Waals surface area contributed by atoms with E-state index < -0.39 is 13.2 Å². The van der Waals surface area contributed by atoms with Crippen LogP contribution in [0.15, 0.2) is 91.0 Å². The highest BCUT2D eigenvalue weighted by Gasteiger charge is 2.47. The fourth-order valence-electron chi connectivity index (χ4n) is 2.97. The molecule has 3 aromatic carbocycles. The molecule has 1 N–H and O–H groups in total. The maximum atomic E-state index is 11.8. The Balaban J connectivity index is 2.32. The van der Waals surface area contributed by atoms with Crippen LogP contribution < -0.4 is 15.9 Å². The van der Waals surface area contributed by atoms with E-state index >= 15 is 0 Å². The molecule has 0 aromatic heterocycles. The fraction of sp³-hybridized carbons (Fsp3) is 0.0500. The largest absolute Gasteiger partial charge is 0.479 e.